The Labute approximate surface area is 141 Å². The van der Waals surface area contributed by atoms with Crippen molar-refractivity contribution in [1.82, 2.24) is 19.7 Å². The monoisotopic (exact) mass is 332 g/mol. The smallest absolute Gasteiger partial charge is 0.274 e. The van der Waals surface area contributed by atoms with E-state index < -0.39 is 0 Å². The molecule has 1 fully saturated rings. The van der Waals surface area contributed by atoms with Gasteiger partial charge >= 0.3 is 0 Å². The van der Waals surface area contributed by atoms with Gasteiger partial charge in [-0.2, -0.15) is 5.10 Å². The number of aromatic nitrogens is 3. The van der Waals surface area contributed by atoms with Crippen molar-refractivity contribution in [3.63, 3.8) is 0 Å². The topological polar surface area (TPSA) is 51.0 Å². The fraction of sp³-hybridized carbons (Fsp3) is 0.588. The van der Waals surface area contributed by atoms with Gasteiger partial charge in [0.25, 0.3) is 5.91 Å². The van der Waals surface area contributed by atoms with Gasteiger partial charge in [0.1, 0.15) is 5.69 Å². The fourth-order valence-corrected chi connectivity index (χ4v) is 3.97. The Morgan fingerprint density at radius 1 is 1.48 bits per heavy atom. The second kappa shape index (κ2) is 6.83. The van der Waals surface area contributed by atoms with Crippen molar-refractivity contribution in [2.24, 2.45) is 0 Å². The number of hydrogen-bond acceptors (Lipinski definition) is 4. The van der Waals surface area contributed by atoms with Gasteiger partial charge in [0.2, 0.25) is 0 Å². The van der Waals surface area contributed by atoms with Crippen molar-refractivity contribution in [3.05, 3.63) is 34.0 Å². The van der Waals surface area contributed by atoms with E-state index in [4.69, 9.17) is 4.98 Å². The normalized spacial score (nSPS) is 18.6. The lowest BCUT2D eigenvalue weighted by molar-refractivity contribution is 0.0700. The summed E-state index contributed by atoms with van der Waals surface area (Å²) in [5, 5.41) is 7.72. The highest BCUT2D eigenvalue weighted by molar-refractivity contribution is 7.09. The molecule has 1 amide bonds. The summed E-state index contributed by atoms with van der Waals surface area (Å²) >= 11 is 1.73. The number of likely N-dealkylation sites (tertiary alicyclic amines) is 1. The van der Waals surface area contributed by atoms with E-state index in [1.807, 2.05) is 21.8 Å². The molecular formula is C17H24N4OS. The van der Waals surface area contributed by atoms with Gasteiger partial charge in [-0.15, -0.1) is 11.3 Å². The number of rotatable bonds is 4. The minimum atomic E-state index is 0.0429. The number of aryl methyl sites for hydroxylation is 1. The predicted octanol–water partition coefficient (Wildman–Crippen LogP) is 3.50. The van der Waals surface area contributed by atoms with Crippen LogP contribution in [0.25, 0.3) is 0 Å². The summed E-state index contributed by atoms with van der Waals surface area (Å²) in [5.41, 5.74) is 1.71. The summed E-state index contributed by atoms with van der Waals surface area (Å²) < 4.78 is 1.84. The zero-order valence-electron chi connectivity index (χ0n) is 14.0. The largest absolute Gasteiger partial charge is 0.337 e. The average Bonchev–Trinajstić information content (AvgIpc) is 3.23. The molecule has 2 aromatic heterocycles. The van der Waals surface area contributed by atoms with Gasteiger partial charge in [-0.1, -0.05) is 6.92 Å². The Balaban J connectivity index is 1.70. The molecule has 1 aliphatic heterocycles. The first kappa shape index (κ1) is 16.2. The Bertz CT molecular complexity index is 676. The lowest BCUT2D eigenvalue weighted by atomic mass is 9.98. The Kier molecular flexibility index (Phi) is 4.80. The molecule has 3 rings (SSSR count). The molecule has 0 bridgehead atoms. The molecule has 124 valence electrons. The number of piperidine rings is 1. The lowest BCUT2D eigenvalue weighted by Gasteiger charge is -2.31. The van der Waals surface area contributed by atoms with Crippen LogP contribution in [-0.4, -0.2) is 38.7 Å². The maximum atomic E-state index is 12.7. The molecule has 6 heteroatoms. The molecule has 1 atom stereocenters. The lowest BCUT2D eigenvalue weighted by Crippen LogP contribution is -2.39. The van der Waals surface area contributed by atoms with Crippen LogP contribution >= 0.6 is 11.3 Å². The molecule has 2 aromatic rings. The van der Waals surface area contributed by atoms with Gasteiger partial charge in [-0.05, 0) is 39.2 Å². The number of thiazole rings is 1. The molecule has 1 saturated heterocycles. The third-order valence-corrected chi connectivity index (χ3v) is 5.40. The highest BCUT2D eigenvalue weighted by atomic mass is 32.1. The van der Waals surface area contributed by atoms with Gasteiger partial charge in [-0.25, -0.2) is 4.98 Å². The highest BCUT2D eigenvalue weighted by Gasteiger charge is 2.28. The Morgan fingerprint density at radius 3 is 2.96 bits per heavy atom. The van der Waals surface area contributed by atoms with Gasteiger partial charge in [0.15, 0.2) is 0 Å². The van der Waals surface area contributed by atoms with Gasteiger partial charge in [-0.3, -0.25) is 9.48 Å². The van der Waals surface area contributed by atoms with Crippen molar-refractivity contribution in [2.75, 3.05) is 13.1 Å². The Morgan fingerprint density at radius 2 is 2.30 bits per heavy atom. The summed E-state index contributed by atoms with van der Waals surface area (Å²) in [6.45, 7) is 7.82. The molecule has 0 aromatic carbocycles. The van der Waals surface area contributed by atoms with Crippen LogP contribution in [0.5, 0.6) is 0 Å². The van der Waals surface area contributed by atoms with Crippen molar-refractivity contribution in [2.45, 2.75) is 52.0 Å². The first-order valence-electron chi connectivity index (χ1n) is 8.37. The summed E-state index contributed by atoms with van der Waals surface area (Å²) in [6.07, 6.45) is 5.00. The van der Waals surface area contributed by atoms with E-state index in [2.05, 4.69) is 31.2 Å². The van der Waals surface area contributed by atoms with E-state index in [0.29, 0.717) is 11.6 Å². The molecule has 0 radical (unpaired) electrons. The fourth-order valence-electron chi connectivity index (χ4n) is 2.94. The molecule has 0 aliphatic carbocycles. The van der Waals surface area contributed by atoms with Crippen LogP contribution in [0.4, 0.5) is 0 Å². The SMILES string of the molecule is CCc1csc([C@H]2CCCN(C(=O)c3ccn(C(C)C)n3)C2)n1. The highest BCUT2D eigenvalue weighted by Crippen LogP contribution is 2.30. The molecule has 0 unspecified atom stereocenters. The summed E-state index contributed by atoms with van der Waals surface area (Å²) in [6, 6.07) is 2.10. The van der Waals surface area contributed by atoms with E-state index in [-0.39, 0.29) is 11.9 Å². The molecule has 3 heterocycles. The van der Waals surface area contributed by atoms with Gasteiger partial charge < -0.3 is 4.90 Å². The second-order valence-electron chi connectivity index (χ2n) is 6.40. The van der Waals surface area contributed by atoms with E-state index >= 15 is 0 Å². The summed E-state index contributed by atoms with van der Waals surface area (Å²) in [5.74, 6) is 0.409. The zero-order valence-corrected chi connectivity index (χ0v) is 14.8. The van der Waals surface area contributed by atoms with Gasteiger partial charge in [0.05, 0.1) is 10.7 Å². The van der Waals surface area contributed by atoms with Crippen LogP contribution in [-0.2, 0) is 6.42 Å². The van der Waals surface area contributed by atoms with Crippen LogP contribution in [0.3, 0.4) is 0 Å². The van der Waals surface area contributed by atoms with Crippen LogP contribution in [0.2, 0.25) is 0 Å². The molecule has 1 aliphatic rings. The standard InChI is InChI=1S/C17H24N4OS/c1-4-14-11-23-16(18-14)13-6-5-8-20(10-13)17(22)15-7-9-21(19-15)12(2)3/h7,9,11-13H,4-6,8,10H2,1-3H3/t13-/m0/s1. The number of hydrogen-bond donors (Lipinski definition) is 0. The summed E-state index contributed by atoms with van der Waals surface area (Å²) in [7, 11) is 0. The molecule has 0 N–H and O–H groups in total. The molecule has 0 saturated carbocycles. The molecule has 23 heavy (non-hydrogen) atoms. The summed E-state index contributed by atoms with van der Waals surface area (Å²) in [4.78, 5) is 19.4. The number of amides is 1. The second-order valence-corrected chi connectivity index (χ2v) is 7.29. The predicted molar refractivity (Wildman–Crippen MR) is 92.0 cm³/mol. The van der Waals surface area contributed by atoms with Gasteiger partial charge in [0, 0.05) is 36.6 Å². The average molecular weight is 332 g/mol. The van der Waals surface area contributed by atoms with Crippen molar-refractivity contribution in [1.29, 1.82) is 0 Å². The maximum Gasteiger partial charge on any atom is 0.274 e. The van der Waals surface area contributed by atoms with Crippen molar-refractivity contribution < 1.29 is 4.79 Å². The van der Waals surface area contributed by atoms with Crippen molar-refractivity contribution >= 4 is 17.2 Å². The zero-order chi connectivity index (χ0) is 16.4. The van der Waals surface area contributed by atoms with E-state index in [0.717, 1.165) is 38.0 Å². The minimum Gasteiger partial charge on any atom is -0.337 e. The van der Waals surface area contributed by atoms with E-state index in [9.17, 15) is 4.79 Å². The van der Waals surface area contributed by atoms with E-state index in [1.54, 1.807) is 11.3 Å². The first-order valence-corrected chi connectivity index (χ1v) is 9.25. The maximum absolute atomic E-state index is 12.7. The number of nitrogens with zero attached hydrogens (tertiary/aromatic N) is 4. The minimum absolute atomic E-state index is 0.0429. The van der Waals surface area contributed by atoms with E-state index in [1.165, 1.54) is 5.01 Å². The van der Waals surface area contributed by atoms with Crippen LogP contribution in [0.15, 0.2) is 17.6 Å². The van der Waals surface area contributed by atoms with Crippen molar-refractivity contribution in [3.8, 4) is 0 Å². The first-order chi connectivity index (χ1) is 11.1. The van der Waals surface area contributed by atoms with Crippen LogP contribution in [0, 0.1) is 0 Å². The molecular weight excluding hydrogens is 308 g/mol. The number of carbonyl (C=O) groups excluding carboxylic acids is 1. The third kappa shape index (κ3) is 3.47. The molecule has 0 spiro atoms. The third-order valence-electron chi connectivity index (χ3n) is 4.35. The quantitative estimate of drug-likeness (QED) is 0.861. The Hall–Kier alpha value is -1.69. The van der Waals surface area contributed by atoms with Crippen LogP contribution < -0.4 is 0 Å². The molecule has 5 nitrogen and oxygen atoms in total. The number of carbonyl (C=O) groups is 1. The van der Waals surface area contributed by atoms with Crippen LogP contribution in [0.1, 0.15) is 66.8 Å².